The Labute approximate surface area is 99.7 Å². The van der Waals surface area contributed by atoms with Crippen LogP contribution in [0, 0.1) is 0 Å². The van der Waals surface area contributed by atoms with E-state index in [1.54, 1.807) is 0 Å². The third-order valence-corrected chi connectivity index (χ3v) is 3.59. The first-order valence-corrected chi connectivity index (χ1v) is 5.91. The molecule has 0 spiro atoms. The second-order valence-electron chi connectivity index (χ2n) is 4.91. The number of carboxylic acids is 1. The molecule has 6 heteroatoms. The molecule has 2 fully saturated rings. The van der Waals surface area contributed by atoms with E-state index >= 15 is 0 Å². The van der Waals surface area contributed by atoms with Gasteiger partial charge >= 0.3 is 5.97 Å². The molecule has 1 amide bonds. The van der Waals surface area contributed by atoms with E-state index in [9.17, 15) is 9.59 Å². The van der Waals surface area contributed by atoms with E-state index in [-0.39, 0.29) is 18.9 Å². The number of aliphatic carboxylic acids is 1. The fourth-order valence-corrected chi connectivity index (χ4v) is 2.32. The Bertz CT molecular complexity index is 327. The van der Waals surface area contributed by atoms with Crippen LogP contribution >= 0.6 is 0 Å². The quantitative estimate of drug-likeness (QED) is 0.700. The number of carbonyl (C=O) groups excluding carboxylic acids is 1. The van der Waals surface area contributed by atoms with Crippen LogP contribution in [0.25, 0.3) is 0 Å². The van der Waals surface area contributed by atoms with Gasteiger partial charge in [0.2, 0.25) is 5.91 Å². The minimum Gasteiger partial charge on any atom is -0.480 e. The average Bonchev–Trinajstić information content (AvgIpc) is 2.26. The minimum atomic E-state index is -1.02. The molecule has 3 N–H and O–H groups in total. The third-order valence-electron chi connectivity index (χ3n) is 3.59. The van der Waals surface area contributed by atoms with Crippen LogP contribution in [0.2, 0.25) is 0 Å². The lowest BCUT2D eigenvalue weighted by atomic mass is 9.75. The van der Waals surface area contributed by atoms with Crippen molar-refractivity contribution in [1.82, 2.24) is 4.90 Å². The summed E-state index contributed by atoms with van der Waals surface area (Å²) in [4.78, 5) is 24.4. The van der Waals surface area contributed by atoms with Gasteiger partial charge in [-0.2, -0.15) is 0 Å². The molecule has 0 aromatic heterocycles. The molecule has 2 rings (SSSR count). The van der Waals surface area contributed by atoms with Crippen molar-refractivity contribution in [3.63, 3.8) is 0 Å². The zero-order chi connectivity index (χ0) is 12.5. The lowest BCUT2D eigenvalue weighted by Crippen LogP contribution is -2.56. The van der Waals surface area contributed by atoms with Crippen LogP contribution in [0.15, 0.2) is 0 Å². The van der Waals surface area contributed by atoms with Crippen molar-refractivity contribution in [2.75, 3.05) is 19.8 Å². The highest BCUT2D eigenvalue weighted by Crippen LogP contribution is 2.32. The van der Waals surface area contributed by atoms with E-state index in [2.05, 4.69) is 0 Å². The van der Waals surface area contributed by atoms with E-state index in [1.165, 1.54) is 4.90 Å². The highest BCUT2D eigenvalue weighted by Gasteiger charge is 2.39. The number of ether oxygens (including phenoxy) is 1. The van der Waals surface area contributed by atoms with Gasteiger partial charge in [-0.3, -0.25) is 4.79 Å². The first-order valence-electron chi connectivity index (χ1n) is 5.91. The highest BCUT2D eigenvalue weighted by atomic mass is 16.5. The van der Waals surface area contributed by atoms with Gasteiger partial charge in [-0.25, -0.2) is 4.79 Å². The largest absolute Gasteiger partial charge is 0.480 e. The monoisotopic (exact) mass is 242 g/mol. The Kier molecular flexibility index (Phi) is 3.35. The summed E-state index contributed by atoms with van der Waals surface area (Å²) < 4.78 is 5.09. The van der Waals surface area contributed by atoms with Crippen molar-refractivity contribution in [3.05, 3.63) is 0 Å². The maximum Gasteiger partial charge on any atom is 0.328 e. The number of nitrogens with zero attached hydrogens (tertiary/aromatic N) is 1. The molecular weight excluding hydrogens is 224 g/mol. The SMILES string of the molecule is NC1(CC(=O)N2CCOCC2C(=O)O)CCC1. The molecule has 1 aliphatic carbocycles. The Morgan fingerprint density at radius 2 is 2.18 bits per heavy atom. The summed E-state index contributed by atoms with van der Waals surface area (Å²) in [5, 5.41) is 9.02. The van der Waals surface area contributed by atoms with Gasteiger partial charge in [-0.15, -0.1) is 0 Å². The summed E-state index contributed by atoms with van der Waals surface area (Å²) in [6.45, 7) is 0.803. The molecule has 1 atom stereocenters. The normalized spacial score (nSPS) is 27.4. The Balaban J connectivity index is 1.98. The van der Waals surface area contributed by atoms with Crippen LogP contribution in [0.5, 0.6) is 0 Å². The molecule has 1 saturated heterocycles. The zero-order valence-corrected chi connectivity index (χ0v) is 9.72. The molecule has 0 radical (unpaired) electrons. The van der Waals surface area contributed by atoms with Gasteiger partial charge in [0.25, 0.3) is 0 Å². The van der Waals surface area contributed by atoms with Crippen molar-refractivity contribution in [3.8, 4) is 0 Å². The number of morpholine rings is 1. The lowest BCUT2D eigenvalue weighted by Gasteiger charge is -2.40. The van der Waals surface area contributed by atoms with Crippen molar-refractivity contribution in [1.29, 1.82) is 0 Å². The Morgan fingerprint density at radius 1 is 1.47 bits per heavy atom. The molecule has 1 aliphatic heterocycles. The van der Waals surface area contributed by atoms with E-state index < -0.39 is 17.6 Å². The van der Waals surface area contributed by atoms with Crippen LogP contribution in [-0.2, 0) is 14.3 Å². The lowest BCUT2D eigenvalue weighted by molar-refractivity contribution is -0.159. The number of hydrogen-bond acceptors (Lipinski definition) is 4. The van der Waals surface area contributed by atoms with Crippen LogP contribution in [0.4, 0.5) is 0 Å². The first-order chi connectivity index (χ1) is 8.02. The number of carboxylic acid groups (broad SMARTS) is 1. The summed E-state index contributed by atoms with van der Waals surface area (Å²) in [5.41, 5.74) is 5.60. The second kappa shape index (κ2) is 4.62. The Morgan fingerprint density at radius 3 is 2.71 bits per heavy atom. The molecule has 17 heavy (non-hydrogen) atoms. The van der Waals surface area contributed by atoms with Crippen LogP contribution < -0.4 is 5.73 Å². The van der Waals surface area contributed by atoms with Crippen LogP contribution in [0.1, 0.15) is 25.7 Å². The van der Waals surface area contributed by atoms with Gasteiger partial charge in [-0.1, -0.05) is 0 Å². The standard InChI is InChI=1S/C11H18N2O4/c12-11(2-1-3-11)6-9(14)13-4-5-17-7-8(13)10(15)16/h8H,1-7,12H2,(H,15,16). The fraction of sp³-hybridized carbons (Fsp3) is 0.818. The van der Waals surface area contributed by atoms with Crippen molar-refractivity contribution >= 4 is 11.9 Å². The molecule has 6 nitrogen and oxygen atoms in total. The topological polar surface area (TPSA) is 92.9 Å². The van der Waals surface area contributed by atoms with Gasteiger partial charge in [0, 0.05) is 18.5 Å². The summed E-state index contributed by atoms with van der Waals surface area (Å²) in [5.74, 6) is -1.18. The number of nitrogens with two attached hydrogens (primary N) is 1. The first kappa shape index (κ1) is 12.3. The molecule has 1 heterocycles. The molecule has 0 bridgehead atoms. The molecule has 1 saturated carbocycles. The minimum absolute atomic E-state index is 0.0681. The predicted molar refractivity (Wildman–Crippen MR) is 59.3 cm³/mol. The maximum absolute atomic E-state index is 12.0. The number of hydrogen-bond donors (Lipinski definition) is 2. The molecule has 0 aromatic rings. The second-order valence-corrected chi connectivity index (χ2v) is 4.91. The highest BCUT2D eigenvalue weighted by molar-refractivity contribution is 5.84. The van der Waals surface area contributed by atoms with Gasteiger partial charge < -0.3 is 20.5 Å². The van der Waals surface area contributed by atoms with E-state index in [0.29, 0.717) is 13.2 Å². The average molecular weight is 242 g/mol. The van der Waals surface area contributed by atoms with Crippen molar-refractivity contribution < 1.29 is 19.4 Å². The smallest absolute Gasteiger partial charge is 0.328 e. The van der Waals surface area contributed by atoms with Gasteiger partial charge in [0.05, 0.1) is 13.2 Å². The van der Waals surface area contributed by atoms with E-state index in [1.807, 2.05) is 0 Å². The van der Waals surface area contributed by atoms with Crippen molar-refractivity contribution in [2.45, 2.75) is 37.3 Å². The van der Waals surface area contributed by atoms with Gasteiger partial charge in [-0.05, 0) is 19.3 Å². The number of rotatable bonds is 3. The Hall–Kier alpha value is -1.14. The van der Waals surface area contributed by atoms with Crippen molar-refractivity contribution in [2.24, 2.45) is 5.73 Å². The molecule has 0 aromatic carbocycles. The molecule has 2 aliphatic rings. The van der Waals surface area contributed by atoms with Crippen LogP contribution in [-0.4, -0.2) is 53.2 Å². The maximum atomic E-state index is 12.0. The summed E-state index contributed by atoms with van der Waals surface area (Å²) >= 11 is 0. The molecule has 96 valence electrons. The van der Waals surface area contributed by atoms with Crippen LogP contribution in [0.3, 0.4) is 0 Å². The zero-order valence-electron chi connectivity index (χ0n) is 9.72. The number of carbonyl (C=O) groups is 2. The summed E-state index contributed by atoms with van der Waals surface area (Å²) in [6.07, 6.45) is 2.99. The molecule has 1 unspecified atom stereocenters. The van der Waals surface area contributed by atoms with Gasteiger partial charge in [0.1, 0.15) is 0 Å². The predicted octanol–water partition coefficient (Wildman–Crippen LogP) is -0.430. The molecular formula is C11H18N2O4. The van der Waals surface area contributed by atoms with E-state index in [4.69, 9.17) is 15.6 Å². The third kappa shape index (κ3) is 2.58. The fourth-order valence-electron chi connectivity index (χ4n) is 2.32. The van der Waals surface area contributed by atoms with E-state index in [0.717, 1.165) is 19.3 Å². The summed E-state index contributed by atoms with van der Waals surface area (Å²) in [6, 6.07) is -0.861. The number of amides is 1. The van der Waals surface area contributed by atoms with Gasteiger partial charge in [0.15, 0.2) is 6.04 Å². The summed E-state index contributed by atoms with van der Waals surface area (Å²) in [7, 11) is 0.